The van der Waals surface area contributed by atoms with Crippen LogP contribution in [-0.4, -0.2) is 14.1 Å². The third-order valence-corrected chi connectivity index (χ3v) is 14.4. The Kier molecular flexibility index (Phi) is 10.1. The predicted molar refractivity (Wildman–Crippen MR) is 141 cm³/mol. The Hall–Kier alpha value is -0.248. The average Bonchev–Trinajstić information content (AvgIpc) is 2.73. The Morgan fingerprint density at radius 1 is 0.581 bits per heavy atom. The lowest BCUT2D eigenvalue weighted by molar-refractivity contribution is 0.328. The largest absolute Gasteiger partial charge is 0.271 e. The molecule has 0 aromatic carbocycles. The first-order valence-electron chi connectivity index (χ1n) is 13.9. The molecule has 0 fully saturated rings. The van der Waals surface area contributed by atoms with Gasteiger partial charge >= 0.3 is 0 Å². The van der Waals surface area contributed by atoms with Gasteiger partial charge in [0.1, 0.15) is 0 Å². The molecule has 3 aliphatic rings. The van der Waals surface area contributed by atoms with Gasteiger partial charge in [-0.15, -0.1) is 0 Å². The smallest absolute Gasteiger partial charge is 0.0882 e. The first-order chi connectivity index (χ1) is 14.9. The van der Waals surface area contributed by atoms with Gasteiger partial charge in [0.15, 0.2) is 0 Å². The molecule has 3 aliphatic carbocycles. The van der Waals surface area contributed by atoms with Crippen LogP contribution in [0.1, 0.15) is 99.3 Å². The van der Waals surface area contributed by atoms with Gasteiger partial charge in [0.2, 0.25) is 0 Å². The topological polar surface area (TPSA) is 0 Å². The number of hydrogen-bond acceptors (Lipinski definition) is 0. The fourth-order valence-electron chi connectivity index (χ4n) is 7.71. The second-order valence-corrected chi connectivity index (χ2v) is 16.7. The van der Waals surface area contributed by atoms with Crippen LogP contribution in [0.2, 0.25) is 14.3 Å². The third-order valence-electron chi connectivity index (χ3n) is 9.66. The normalized spacial score (nSPS) is 36.2. The second kappa shape index (κ2) is 12.3. The van der Waals surface area contributed by atoms with Gasteiger partial charge < -0.3 is 0 Å². The highest BCUT2D eigenvalue weighted by molar-refractivity contribution is 6.63. The standard InChI is InChI=1S/3C10H17.Al/c3*1-3-6-10-8-5-4-7-9(10)2;/h3*3-4,7,9-10H,5-6,8H2,1-2H3;. The molecule has 9 unspecified atom stereocenters. The molecular weight excluding hydrogens is 387 g/mol. The summed E-state index contributed by atoms with van der Waals surface area (Å²) < 4.78 is 2.94. The van der Waals surface area contributed by atoms with Crippen LogP contribution in [0.4, 0.5) is 0 Å². The summed E-state index contributed by atoms with van der Waals surface area (Å²) in [6.07, 6.45) is 27.6. The Morgan fingerprint density at radius 3 is 1.13 bits per heavy atom. The van der Waals surface area contributed by atoms with E-state index in [-0.39, 0.29) is 0 Å². The molecule has 3 rings (SSSR count). The van der Waals surface area contributed by atoms with E-state index in [1.165, 1.54) is 57.8 Å². The lowest BCUT2D eigenvalue weighted by Gasteiger charge is -2.38. The molecule has 0 nitrogen and oxygen atoms in total. The van der Waals surface area contributed by atoms with Gasteiger partial charge in [-0.2, -0.15) is 0 Å². The van der Waals surface area contributed by atoms with Gasteiger partial charge in [-0.3, -0.25) is 0 Å². The van der Waals surface area contributed by atoms with Crippen molar-refractivity contribution in [1.29, 1.82) is 0 Å². The molecule has 174 valence electrons. The summed E-state index contributed by atoms with van der Waals surface area (Å²) >= 11 is -0.883. The van der Waals surface area contributed by atoms with Gasteiger partial charge in [0.25, 0.3) is 14.1 Å². The van der Waals surface area contributed by atoms with Gasteiger partial charge in [0, 0.05) is 0 Å². The summed E-state index contributed by atoms with van der Waals surface area (Å²) in [4.78, 5) is 0. The van der Waals surface area contributed by atoms with Crippen molar-refractivity contribution < 1.29 is 0 Å². The fourth-order valence-corrected chi connectivity index (χ4v) is 13.1. The molecular formula is C30H51Al. The summed E-state index contributed by atoms with van der Waals surface area (Å²) in [7, 11) is 0. The zero-order valence-corrected chi connectivity index (χ0v) is 22.8. The fraction of sp³-hybridized carbons (Fsp3) is 0.800. The maximum absolute atomic E-state index is 2.68. The van der Waals surface area contributed by atoms with Crippen molar-refractivity contribution in [2.45, 2.75) is 114 Å². The summed E-state index contributed by atoms with van der Waals surface area (Å²) in [5.41, 5.74) is 0. The Bertz CT molecular complexity index is 530. The third kappa shape index (κ3) is 7.11. The molecule has 1 heteroatoms. The van der Waals surface area contributed by atoms with E-state index in [0.717, 1.165) is 49.8 Å². The first-order valence-corrected chi connectivity index (χ1v) is 15.9. The van der Waals surface area contributed by atoms with Crippen LogP contribution in [0.5, 0.6) is 0 Å². The maximum Gasteiger partial charge on any atom is 0.271 e. The van der Waals surface area contributed by atoms with Crippen LogP contribution >= 0.6 is 0 Å². The van der Waals surface area contributed by atoms with Gasteiger partial charge in [-0.25, -0.2) is 0 Å². The van der Waals surface area contributed by atoms with E-state index in [0.29, 0.717) is 0 Å². The molecule has 0 radical (unpaired) electrons. The van der Waals surface area contributed by atoms with E-state index >= 15 is 0 Å². The minimum Gasteiger partial charge on any atom is -0.0882 e. The van der Waals surface area contributed by atoms with Crippen molar-refractivity contribution >= 4 is 14.1 Å². The molecule has 0 aliphatic heterocycles. The maximum atomic E-state index is 2.68. The van der Waals surface area contributed by atoms with E-state index in [2.05, 4.69) is 78.0 Å². The predicted octanol–water partition coefficient (Wildman–Crippen LogP) is 9.63. The minimum absolute atomic E-state index is 0.795. The van der Waals surface area contributed by atoms with Crippen molar-refractivity contribution in [2.24, 2.45) is 35.5 Å². The Labute approximate surface area is 199 Å². The monoisotopic (exact) mass is 438 g/mol. The van der Waals surface area contributed by atoms with Gasteiger partial charge in [-0.05, 0) is 74.0 Å². The minimum atomic E-state index is -0.883. The van der Waals surface area contributed by atoms with Crippen LogP contribution in [0.25, 0.3) is 0 Å². The van der Waals surface area contributed by atoms with Crippen molar-refractivity contribution in [3.8, 4) is 0 Å². The van der Waals surface area contributed by atoms with Crippen molar-refractivity contribution in [2.75, 3.05) is 0 Å². The average molecular weight is 439 g/mol. The molecule has 0 amide bonds. The molecule has 0 bridgehead atoms. The van der Waals surface area contributed by atoms with Crippen molar-refractivity contribution in [3.05, 3.63) is 36.5 Å². The van der Waals surface area contributed by atoms with Crippen LogP contribution < -0.4 is 0 Å². The molecule has 0 spiro atoms. The number of allylic oxidation sites excluding steroid dienone is 6. The van der Waals surface area contributed by atoms with E-state index < -0.39 is 14.1 Å². The van der Waals surface area contributed by atoms with E-state index in [4.69, 9.17) is 0 Å². The van der Waals surface area contributed by atoms with E-state index in [9.17, 15) is 0 Å². The van der Waals surface area contributed by atoms with Gasteiger partial charge in [-0.1, -0.05) is 112 Å². The highest BCUT2D eigenvalue weighted by Crippen LogP contribution is 2.45. The SMILES string of the molecule is CC1C=CCCC1C[CH](C)[Al]([CH](C)CC1CCC=CC1C)[CH](C)CC1CCC=CC1C. The molecule has 0 heterocycles. The van der Waals surface area contributed by atoms with Gasteiger partial charge in [0.05, 0.1) is 0 Å². The number of hydrogen-bond donors (Lipinski definition) is 0. The summed E-state index contributed by atoms with van der Waals surface area (Å²) in [5, 5.41) is 0. The van der Waals surface area contributed by atoms with Crippen LogP contribution in [-0.2, 0) is 0 Å². The zero-order valence-electron chi connectivity index (χ0n) is 21.6. The molecule has 0 aromatic heterocycles. The zero-order chi connectivity index (χ0) is 22.4. The first kappa shape index (κ1) is 25.4. The molecule has 0 saturated heterocycles. The molecule has 9 atom stereocenters. The highest BCUT2D eigenvalue weighted by Gasteiger charge is 2.39. The van der Waals surface area contributed by atoms with Crippen molar-refractivity contribution in [3.63, 3.8) is 0 Å². The van der Waals surface area contributed by atoms with Crippen LogP contribution in [0, 0.1) is 35.5 Å². The molecule has 0 saturated carbocycles. The molecule has 0 N–H and O–H groups in total. The Morgan fingerprint density at radius 2 is 0.871 bits per heavy atom. The summed E-state index contributed by atoms with van der Waals surface area (Å²) in [6.45, 7) is 15.5. The van der Waals surface area contributed by atoms with Crippen LogP contribution in [0.3, 0.4) is 0 Å². The summed E-state index contributed by atoms with van der Waals surface area (Å²) in [5.74, 6) is 5.18. The van der Waals surface area contributed by atoms with E-state index in [1.807, 2.05) is 0 Å². The quantitative estimate of drug-likeness (QED) is 0.248. The lowest BCUT2D eigenvalue weighted by Crippen LogP contribution is -2.34. The molecule has 31 heavy (non-hydrogen) atoms. The molecule has 0 aromatic rings. The second-order valence-electron chi connectivity index (χ2n) is 12.1. The number of rotatable bonds is 9. The van der Waals surface area contributed by atoms with Crippen molar-refractivity contribution in [1.82, 2.24) is 0 Å². The van der Waals surface area contributed by atoms with E-state index in [1.54, 1.807) is 0 Å². The highest BCUT2D eigenvalue weighted by atomic mass is 27.2. The summed E-state index contributed by atoms with van der Waals surface area (Å²) in [6, 6.07) is 0. The van der Waals surface area contributed by atoms with Crippen LogP contribution in [0.15, 0.2) is 36.5 Å². The Balaban J connectivity index is 1.70. The lowest BCUT2D eigenvalue weighted by atomic mass is 9.82.